The van der Waals surface area contributed by atoms with Crippen molar-refractivity contribution in [2.24, 2.45) is 5.73 Å². The van der Waals surface area contributed by atoms with Gasteiger partial charge in [-0.2, -0.15) is 0 Å². The number of carboxylic acids is 1. The number of aliphatic carboxylic acids is 1. The summed E-state index contributed by atoms with van der Waals surface area (Å²) >= 11 is 6.00. The van der Waals surface area contributed by atoms with E-state index in [0.717, 1.165) is 0 Å². The molecule has 22 heavy (non-hydrogen) atoms. The molecule has 0 aliphatic carbocycles. The fourth-order valence-corrected chi connectivity index (χ4v) is 2.53. The maximum absolute atomic E-state index is 12.7. The largest absolute Gasteiger partial charge is 0.481 e. The minimum absolute atomic E-state index is 0.132. The number of hydrogen-bond acceptors (Lipinski definition) is 3. The highest BCUT2D eigenvalue weighted by molar-refractivity contribution is 6.31. The molecular formula is C17H16ClNO3. The van der Waals surface area contributed by atoms with Crippen molar-refractivity contribution in [3.63, 3.8) is 0 Å². The highest BCUT2D eigenvalue weighted by atomic mass is 35.5. The van der Waals surface area contributed by atoms with E-state index in [9.17, 15) is 9.59 Å². The van der Waals surface area contributed by atoms with Gasteiger partial charge in [-0.05, 0) is 24.2 Å². The third-order valence-corrected chi connectivity index (χ3v) is 3.68. The van der Waals surface area contributed by atoms with Gasteiger partial charge in [0.25, 0.3) is 0 Å². The quantitative estimate of drug-likeness (QED) is 0.802. The summed E-state index contributed by atoms with van der Waals surface area (Å²) in [6, 6.07) is 13.7. The second-order valence-corrected chi connectivity index (χ2v) is 5.39. The zero-order valence-corrected chi connectivity index (χ0v) is 12.6. The zero-order chi connectivity index (χ0) is 16.1. The second-order valence-electron chi connectivity index (χ2n) is 4.96. The lowest BCUT2D eigenvalue weighted by Crippen LogP contribution is -2.19. The number of benzene rings is 2. The fourth-order valence-electron chi connectivity index (χ4n) is 2.36. The number of halogens is 1. The van der Waals surface area contributed by atoms with Crippen LogP contribution >= 0.6 is 11.6 Å². The van der Waals surface area contributed by atoms with E-state index in [1.165, 1.54) is 0 Å². The Hall–Kier alpha value is -2.17. The minimum atomic E-state index is -0.955. The molecule has 0 aliphatic rings. The van der Waals surface area contributed by atoms with E-state index in [2.05, 4.69) is 0 Å². The summed E-state index contributed by atoms with van der Waals surface area (Å²) in [7, 11) is 0. The Morgan fingerprint density at radius 2 is 1.82 bits per heavy atom. The lowest BCUT2D eigenvalue weighted by atomic mass is 9.88. The van der Waals surface area contributed by atoms with Crippen LogP contribution in [0.2, 0.25) is 5.02 Å². The molecule has 0 saturated heterocycles. The third-order valence-electron chi connectivity index (χ3n) is 3.44. The Kier molecular flexibility index (Phi) is 5.31. The molecule has 0 saturated carbocycles. The molecule has 0 unspecified atom stereocenters. The second kappa shape index (κ2) is 7.20. The van der Waals surface area contributed by atoms with Gasteiger partial charge in [-0.1, -0.05) is 48.0 Å². The van der Waals surface area contributed by atoms with Crippen LogP contribution in [0.25, 0.3) is 0 Å². The first-order valence-corrected chi connectivity index (χ1v) is 7.21. The van der Waals surface area contributed by atoms with Crippen LogP contribution in [0.5, 0.6) is 0 Å². The van der Waals surface area contributed by atoms with Gasteiger partial charge in [0.05, 0.1) is 6.42 Å². The molecule has 0 amide bonds. The lowest BCUT2D eigenvalue weighted by molar-refractivity contribution is -0.137. The molecule has 2 aromatic rings. The van der Waals surface area contributed by atoms with Crippen molar-refractivity contribution in [3.8, 4) is 0 Å². The number of carboxylic acid groups (broad SMARTS) is 1. The van der Waals surface area contributed by atoms with Gasteiger partial charge in [0.15, 0.2) is 5.78 Å². The van der Waals surface area contributed by atoms with Crippen LogP contribution in [0.3, 0.4) is 0 Å². The zero-order valence-electron chi connectivity index (χ0n) is 11.8. The van der Waals surface area contributed by atoms with Gasteiger partial charge >= 0.3 is 5.97 Å². The summed E-state index contributed by atoms with van der Waals surface area (Å²) in [5.41, 5.74) is 7.23. The van der Waals surface area contributed by atoms with E-state index in [4.69, 9.17) is 22.4 Å². The number of hydrogen-bond donors (Lipinski definition) is 2. The van der Waals surface area contributed by atoms with Crippen molar-refractivity contribution in [1.82, 2.24) is 0 Å². The molecule has 114 valence electrons. The van der Waals surface area contributed by atoms with Crippen LogP contribution in [0.1, 0.15) is 33.8 Å². The smallest absolute Gasteiger partial charge is 0.304 e. The molecule has 3 N–H and O–H groups in total. The van der Waals surface area contributed by atoms with E-state index in [1.807, 2.05) is 6.07 Å². The Morgan fingerprint density at radius 3 is 2.41 bits per heavy atom. The molecule has 4 nitrogen and oxygen atoms in total. The van der Waals surface area contributed by atoms with Crippen LogP contribution in [0.15, 0.2) is 48.5 Å². The number of carbonyl (C=O) groups excluding carboxylic acids is 1. The topological polar surface area (TPSA) is 80.4 Å². The van der Waals surface area contributed by atoms with Gasteiger partial charge in [-0.15, -0.1) is 0 Å². The maximum Gasteiger partial charge on any atom is 0.304 e. The maximum atomic E-state index is 12.7. The van der Waals surface area contributed by atoms with Crippen molar-refractivity contribution >= 4 is 23.4 Å². The summed E-state index contributed by atoms with van der Waals surface area (Å²) in [5.74, 6) is -1.58. The summed E-state index contributed by atoms with van der Waals surface area (Å²) in [4.78, 5) is 23.7. The SMILES string of the molecule is NC[C@H](CC(=O)O)c1ccc(Cl)cc1C(=O)c1ccccc1. The predicted octanol–water partition coefficient (Wildman–Crippen LogP) is 3.09. The molecule has 2 rings (SSSR count). The van der Waals surface area contributed by atoms with Crippen LogP contribution < -0.4 is 5.73 Å². The minimum Gasteiger partial charge on any atom is -0.481 e. The number of carbonyl (C=O) groups is 2. The van der Waals surface area contributed by atoms with Crippen LogP contribution in [0.4, 0.5) is 0 Å². The fraction of sp³-hybridized carbons (Fsp3) is 0.176. The predicted molar refractivity (Wildman–Crippen MR) is 85.4 cm³/mol. The Morgan fingerprint density at radius 1 is 1.14 bits per heavy atom. The molecule has 0 bridgehead atoms. The van der Waals surface area contributed by atoms with Gasteiger partial charge < -0.3 is 10.8 Å². The van der Waals surface area contributed by atoms with Crippen molar-refractivity contribution in [1.29, 1.82) is 0 Å². The molecule has 2 aromatic carbocycles. The highest BCUT2D eigenvalue weighted by Gasteiger charge is 2.21. The van der Waals surface area contributed by atoms with Gasteiger partial charge in [-0.25, -0.2) is 0 Å². The average Bonchev–Trinajstić information content (AvgIpc) is 2.52. The third kappa shape index (κ3) is 3.72. The Labute approximate surface area is 133 Å². The van der Waals surface area contributed by atoms with Gasteiger partial charge in [-0.3, -0.25) is 9.59 Å². The summed E-state index contributed by atoms with van der Waals surface area (Å²) in [6.07, 6.45) is -0.132. The summed E-state index contributed by atoms with van der Waals surface area (Å²) < 4.78 is 0. The van der Waals surface area contributed by atoms with Crippen molar-refractivity contribution in [2.45, 2.75) is 12.3 Å². The summed E-state index contributed by atoms with van der Waals surface area (Å²) in [6.45, 7) is 0.142. The van der Waals surface area contributed by atoms with Crippen molar-refractivity contribution in [3.05, 3.63) is 70.2 Å². The molecule has 0 aromatic heterocycles. The summed E-state index contributed by atoms with van der Waals surface area (Å²) in [5, 5.41) is 9.44. The normalized spacial score (nSPS) is 11.9. The molecule has 0 fully saturated rings. The van der Waals surface area contributed by atoms with Crippen LogP contribution in [-0.2, 0) is 4.79 Å². The molecule has 5 heteroatoms. The van der Waals surface area contributed by atoms with E-state index in [-0.39, 0.29) is 18.7 Å². The first-order valence-electron chi connectivity index (χ1n) is 6.84. The van der Waals surface area contributed by atoms with Gasteiger partial charge in [0, 0.05) is 22.1 Å². The van der Waals surface area contributed by atoms with Crippen molar-refractivity contribution in [2.75, 3.05) is 6.54 Å². The average molecular weight is 318 g/mol. The standard InChI is InChI=1S/C17H16ClNO3/c18-13-6-7-14(12(10-19)8-16(20)21)15(9-13)17(22)11-4-2-1-3-5-11/h1-7,9,12H,8,10,19H2,(H,20,21)/t12-/m0/s1. The monoisotopic (exact) mass is 317 g/mol. The number of ketones is 1. The molecule has 0 heterocycles. The van der Waals surface area contributed by atoms with Crippen LogP contribution in [-0.4, -0.2) is 23.4 Å². The van der Waals surface area contributed by atoms with E-state index in [0.29, 0.717) is 21.7 Å². The molecule has 1 atom stereocenters. The Bertz CT molecular complexity index is 686. The van der Waals surface area contributed by atoms with Gasteiger partial charge in [0.2, 0.25) is 0 Å². The van der Waals surface area contributed by atoms with E-state index < -0.39 is 11.9 Å². The van der Waals surface area contributed by atoms with Crippen molar-refractivity contribution < 1.29 is 14.7 Å². The van der Waals surface area contributed by atoms with E-state index in [1.54, 1.807) is 42.5 Å². The van der Waals surface area contributed by atoms with Gasteiger partial charge in [0.1, 0.15) is 0 Å². The first kappa shape index (κ1) is 16.2. The number of rotatable bonds is 6. The molecule has 0 radical (unpaired) electrons. The number of nitrogens with two attached hydrogens (primary N) is 1. The highest BCUT2D eigenvalue weighted by Crippen LogP contribution is 2.27. The molecular weight excluding hydrogens is 302 g/mol. The lowest BCUT2D eigenvalue weighted by Gasteiger charge is -2.17. The molecule has 0 aliphatic heterocycles. The first-order chi connectivity index (χ1) is 10.5. The van der Waals surface area contributed by atoms with E-state index >= 15 is 0 Å². The Balaban J connectivity index is 2.48. The van der Waals surface area contributed by atoms with Crippen LogP contribution in [0, 0.1) is 0 Å². The molecule has 0 spiro atoms.